The van der Waals surface area contributed by atoms with Crippen LogP contribution >= 0.6 is 0 Å². The Bertz CT molecular complexity index is 15.5. The summed E-state index contributed by atoms with van der Waals surface area (Å²) in [5.41, 5.74) is 0. The Morgan fingerprint density at radius 2 is 1.75 bits per heavy atom. The van der Waals surface area contributed by atoms with Crippen LogP contribution in [0.25, 0.3) is 0 Å². The predicted octanol–water partition coefficient (Wildman–Crippen LogP) is -1.15. The fourth-order valence-electron chi connectivity index (χ4n) is 0. The molecule has 0 atom stereocenters. The fourth-order valence-corrected chi connectivity index (χ4v) is 0. The van der Waals surface area contributed by atoms with Gasteiger partial charge < -0.3 is 0 Å². The van der Waals surface area contributed by atoms with Crippen molar-refractivity contribution in [3.8, 4) is 0 Å². The Kier molecular flexibility index (Phi) is 20.6. The van der Waals surface area contributed by atoms with Gasteiger partial charge in [-0.1, -0.05) is 0 Å². The summed E-state index contributed by atoms with van der Waals surface area (Å²) in [6.07, 6.45) is 0. The molecule has 4 heavy (non-hydrogen) atoms. The van der Waals surface area contributed by atoms with E-state index < -0.39 is 0 Å². The van der Waals surface area contributed by atoms with Crippen molar-refractivity contribution < 1.29 is 16.1 Å². The van der Waals surface area contributed by atoms with Crippen LogP contribution < -0.4 is 0 Å². The van der Waals surface area contributed by atoms with Crippen LogP contribution in [0.2, 0.25) is 0 Å². The summed E-state index contributed by atoms with van der Waals surface area (Å²) in [6.45, 7) is 0. The van der Waals surface area contributed by atoms with Crippen molar-refractivity contribution in [1.82, 2.24) is 0 Å². The molecule has 0 fully saturated rings. The van der Waals surface area contributed by atoms with Gasteiger partial charge in [0.05, 0.1) is 0 Å². The van der Waals surface area contributed by atoms with Crippen LogP contribution in [0, 0.1) is 0 Å². The van der Waals surface area contributed by atoms with E-state index in [4.69, 9.17) is 3.90 Å². The second kappa shape index (κ2) is 8.86. The zero-order chi connectivity index (χ0) is 2.71. The van der Waals surface area contributed by atoms with E-state index >= 15 is 0 Å². The van der Waals surface area contributed by atoms with E-state index in [1.807, 2.05) is 0 Å². The predicted molar refractivity (Wildman–Crippen MR) is 13.6 cm³/mol. The Labute approximate surface area is 60.8 Å². The van der Waals surface area contributed by atoms with Crippen molar-refractivity contribution in [3.63, 3.8) is 0 Å². The summed E-state index contributed by atoms with van der Waals surface area (Å²) in [4.78, 5) is 0. The molecule has 0 aromatic rings. The van der Waals surface area contributed by atoms with Crippen LogP contribution in [0.15, 0.2) is 0 Å². The molecule has 0 radical (unpaired) electrons. The van der Waals surface area contributed by atoms with Crippen LogP contribution in [-0.2, 0) is 16.1 Å². The molecule has 0 spiro atoms. The molecule has 0 aromatic heterocycles. The second-order valence-corrected chi connectivity index (χ2v) is 0.532. The molecule has 0 amide bonds. The number of rotatable bonds is 0. The molecular weight excluding hydrogens is 105 g/mol. The van der Waals surface area contributed by atoms with E-state index in [-0.39, 0.29) is 29.6 Å². The van der Waals surface area contributed by atoms with Gasteiger partial charge in [0.25, 0.3) is 0 Å². The first-order valence-corrected chi connectivity index (χ1v) is 1.84. The normalized spacial score (nSPS) is 5.50. The quantitative estimate of drug-likeness (QED) is 0.356. The maximum atomic E-state index is 8.87. The van der Waals surface area contributed by atoms with Crippen LogP contribution in [-0.4, -0.2) is 45.5 Å². The molecule has 0 saturated heterocycles. The van der Waals surface area contributed by atoms with Crippen molar-refractivity contribution >= 4 is 45.5 Å². The van der Waals surface area contributed by atoms with Gasteiger partial charge in [-0.25, -0.2) is 0 Å². The van der Waals surface area contributed by atoms with Gasteiger partial charge in [-0.2, -0.15) is 0 Å². The molecule has 19 valence electrons. The van der Waals surface area contributed by atoms with E-state index in [1.54, 1.807) is 0 Å². The summed E-state index contributed by atoms with van der Waals surface area (Å²) >= 11 is 1.88. The van der Waals surface area contributed by atoms with Gasteiger partial charge in [-0.15, -0.1) is 0 Å². The first kappa shape index (κ1) is 9.31. The Hall–Kier alpha value is 1.89. The molecule has 1 nitrogen and oxygen atoms in total. The Balaban J connectivity index is 0. The first-order chi connectivity index (χ1) is 1.41. The van der Waals surface area contributed by atoms with Gasteiger partial charge in [0.15, 0.2) is 0 Å². The van der Waals surface area contributed by atoms with Gasteiger partial charge in [0, 0.05) is 0 Å². The number of hydrogen-bond donors (Lipinski definition) is 0. The van der Waals surface area contributed by atoms with E-state index in [9.17, 15) is 0 Å². The zero-order valence-electron chi connectivity index (χ0n) is 1.72. The van der Waals surface area contributed by atoms with Crippen LogP contribution in [0.1, 0.15) is 0 Å². The van der Waals surface area contributed by atoms with Crippen molar-refractivity contribution in [3.05, 3.63) is 0 Å². The van der Waals surface area contributed by atoms with Crippen LogP contribution in [0.5, 0.6) is 0 Å². The monoisotopic (exact) mass is 105 g/mol. The summed E-state index contributed by atoms with van der Waals surface area (Å²) in [7, 11) is 0. The third kappa shape index (κ3) is 9.09. The van der Waals surface area contributed by atoms with Crippen LogP contribution in [0.3, 0.4) is 0 Å². The molecule has 0 aliphatic rings. The molecule has 0 N–H and O–H groups in total. The molecule has 0 rings (SSSR count). The van der Waals surface area contributed by atoms with E-state index in [0.29, 0.717) is 12.2 Å². The zero-order valence-corrected chi connectivity index (χ0v) is 2.71. The molecule has 0 aromatic carbocycles. The molecule has 0 aliphatic carbocycles. The van der Waals surface area contributed by atoms with E-state index in [0.717, 1.165) is 0 Å². The van der Waals surface area contributed by atoms with E-state index in [1.165, 1.54) is 15.9 Å². The van der Waals surface area contributed by atoms with Crippen molar-refractivity contribution in [2.45, 2.75) is 0 Å². The molecule has 0 unspecified atom stereocenters. The summed E-state index contributed by atoms with van der Waals surface area (Å²) in [6, 6.07) is 0. The first-order valence-electron chi connectivity index (χ1n) is 0.445. The summed E-state index contributed by atoms with van der Waals surface area (Å²) in [5.74, 6) is 0. The Morgan fingerprint density at radius 3 is 1.75 bits per heavy atom. The minimum atomic E-state index is 0. The van der Waals surface area contributed by atoms with Crippen molar-refractivity contribution in [1.29, 1.82) is 0 Å². The van der Waals surface area contributed by atoms with Gasteiger partial charge >= 0.3 is 61.6 Å². The SMILES string of the molecule is [Li][Ni]=[O].[NaH]. The minimum absolute atomic E-state index is 0. The fraction of sp³-hybridized carbons (Fsp3) is 0. The topological polar surface area (TPSA) is 17.1 Å². The van der Waals surface area contributed by atoms with Crippen molar-refractivity contribution in [2.24, 2.45) is 0 Å². The standard InChI is InChI=1S/Li.Na.Ni.O.H. The van der Waals surface area contributed by atoms with Gasteiger partial charge in [-0.05, 0) is 0 Å². The third-order valence-electron chi connectivity index (χ3n) is 0. The molecule has 4 heteroatoms. The molecule has 0 saturated carbocycles. The maximum absolute atomic E-state index is 8.87. The summed E-state index contributed by atoms with van der Waals surface area (Å²) in [5, 5.41) is 0. The number of hydrogen-bond acceptors (Lipinski definition) is 1. The van der Waals surface area contributed by atoms with Crippen LogP contribution in [0.4, 0.5) is 0 Å². The van der Waals surface area contributed by atoms with Crippen molar-refractivity contribution in [2.75, 3.05) is 0 Å². The second-order valence-electron chi connectivity index (χ2n) is 0.129. The summed E-state index contributed by atoms with van der Waals surface area (Å²) < 4.78 is 8.87. The molecule has 0 bridgehead atoms. The van der Waals surface area contributed by atoms with Gasteiger partial charge in [0.1, 0.15) is 0 Å². The molecule has 0 heterocycles. The Morgan fingerprint density at radius 1 is 1.75 bits per heavy atom. The van der Waals surface area contributed by atoms with Gasteiger partial charge in [-0.3, -0.25) is 0 Å². The average Bonchev–Trinajstić information content (AvgIpc) is 0.918. The third-order valence-corrected chi connectivity index (χ3v) is 0. The van der Waals surface area contributed by atoms with E-state index in [2.05, 4.69) is 0 Å². The molecule has 0 aliphatic heterocycles. The van der Waals surface area contributed by atoms with Gasteiger partial charge in [0.2, 0.25) is 0 Å². The molecular formula is HLiNaNiO. The average molecular weight is 106 g/mol.